The first-order valence-corrected chi connectivity index (χ1v) is 35.6. The minimum atomic E-state index is -1.38. The Morgan fingerprint density at radius 1 is 0.346 bits per heavy atom. The van der Waals surface area contributed by atoms with E-state index in [9.17, 15) is 67.7 Å². The van der Waals surface area contributed by atoms with Gasteiger partial charge in [-0.1, -0.05) is 109 Å². The molecule has 107 heavy (non-hydrogen) atoms. The zero-order valence-corrected chi connectivity index (χ0v) is 59.1. The fourth-order valence-corrected chi connectivity index (χ4v) is 12.3. The summed E-state index contributed by atoms with van der Waals surface area (Å²) in [4.78, 5) is 168. The van der Waals surface area contributed by atoms with Gasteiger partial charge in [0.25, 0.3) is 0 Å². The van der Waals surface area contributed by atoms with Crippen molar-refractivity contribution in [3.63, 3.8) is 0 Å². The smallest absolute Gasteiger partial charge is 0.243 e. The second kappa shape index (κ2) is 40.6. The van der Waals surface area contributed by atoms with Gasteiger partial charge in [-0.15, -0.1) is 0 Å². The molecule has 8 rings (SSSR count). The fraction of sp³-hybridized carbons (Fsp3) is 0.387. The lowest BCUT2D eigenvalue weighted by atomic mass is 10.0. The van der Waals surface area contributed by atoms with Gasteiger partial charge >= 0.3 is 0 Å². The van der Waals surface area contributed by atoms with Crippen LogP contribution in [0.4, 0.5) is 0 Å². The van der Waals surface area contributed by atoms with E-state index in [1.54, 1.807) is 36.4 Å². The first kappa shape index (κ1) is 80.3. The number of amides is 12. The summed E-state index contributed by atoms with van der Waals surface area (Å²) in [5.41, 5.74) is 13.4. The van der Waals surface area contributed by atoms with Crippen molar-refractivity contribution in [2.45, 2.75) is 145 Å². The van der Waals surface area contributed by atoms with E-state index in [1.807, 2.05) is 72.8 Å². The van der Waals surface area contributed by atoms with Crippen molar-refractivity contribution in [1.82, 2.24) is 74.4 Å². The molecule has 0 unspecified atom stereocenters. The van der Waals surface area contributed by atoms with Crippen molar-refractivity contribution in [2.24, 2.45) is 11.5 Å². The Bertz CT molecular complexity index is 3920. The number of aromatic hydroxyl groups is 2. The van der Waals surface area contributed by atoms with E-state index in [-0.39, 0.29) is 146 Å². The van der Waals surface area contributed by atoms with Crippen LogP contribution in [-0.2, 0) is 83.2 Å². The third kappa shape index (κ3) is 26.7. The molecule has 2 aliphatic heterocycles. The van der Waals surface area contributed by atoms with E-state index in [4.69, 9.17) is 22.3 Å². The summed E-state index contributed by atoms with van der Waals surface area (Å²) < 4.78 is 0. The van der Waals surface area contributed by atoms with Gasteiger partial charge in [0, 0.05) is 64.7 Å². The molecule has 32 heteroatoms. The maximum absolute atomic E-state index is 14.5. The Morgan fingerprint density at radius 2 is 0.626 bits per heavy atom. The average molecular weight is 1470 g/mol. The molecule has 12 amide bonds. The summed E-state index contributed by atoms with van der Waals surface area (Å²) in [6.45, 7) is -0.996. The van der Waals surface area contributed by atoms with Crippen LogP contribution in [-0.4, -0.2) is 181 Å². The van der Waals surface area contributed by atoms with Gasteiger partial charge in [0.05, 0.1) is 13.1 Å². The number of benzene rings is 6. The number of rotatable bonds is 28. The van der Waals surface area contributed by atoms with Crippen LogP contribution in [0, 0.1) is 10.8 Å². The SMILES string of the molecule is N=C(N)NCCC[C@@H]1NC(=O)[C@H](CCCNC(=O)CCCC(=O)NCCC[C@@H]2NC(=O)[C@@H](Cc3ccc(O)cc3)NC(=O)CNC(=O)[C@H](Cc3ccc4ccccc4c3)NC(=O)[C@H](CCCNC(=N)N)NC2=O)NC(=O)[C@@H](Cc2ccc(O)cc2)NC(=O)CNC(=O)[C@H](Cc2ccc3ccccc3c2)NC1=O. The van der Waals surface area contributed by atoms with E-state index in [0.717, 1.165) is 21.5 Å². The maximum atomic E-state index is 14.5. The van der Waals surface area contributed by atoms with Gasteiger partial charge in [-0.25, -0.2) is 0 Å². The van der Waals surface area contributed by atoms with Crippen molar-refractivity contribution in [2.75, 3.05) is 39.3 Å². The zero-order chi connectivity index (χ0) is 76.8. The van der Waals surface area contributed by atoms with Crippen LogP contribution in [0.2, 0.25) is 0 Å². The molecular weight excluding hydrogens is 1380 g/mol. The summed E-state index contributed by atoms with van der Waals surface area (Å²) in [5.74, 6) is -9.45. The minimum Gasteiger partial charge on any atom is -0.508 e. The van der Waals surface area contributed by atoms with Crippen molar-refractivity contribution in [3.8, 4) is 11.5 Å². The second-order valence-electron chi connectivity index (χ2n) is 26.4. The molecule has 8 atom stereocenters. The highest BCUT2D eigenvalue weighted by Gasteiger charge is 2.35. The molecule has 2 fully saturated rings. The molecule has 32 nitrogen and oxygen atoms in total. The summed E-state index contributed by atoms with van der Waals surface area (Å²) in [6, 6.07) is 27.4. The third-order valence-corrected chi connectivity index (χ3v) is 18.0. The van der Waals surface area contributed by atoms with Gasteiger partial charge in [0.1, 0.15) is 59.8 Å². The lowest BCUT2D eigenvalue weighted by Crippen LogP contribution is -2.58. The fourth-order valence-electron chi connectivity index (χ4n) is 12.3. The van der Waals surface area contributed by atoms with Gasteiger partial charge in [-0.05, 0) is 126 Å². The molecular formula is C75H94N18O14. The normalized spacial score (nSPS) is 20.1. The summed E-state index contributed by atoms with van der Waals surface area (Å²) in [5, 5.41) is 76.6. The maximum Gasteiger partial charge on any atom is 0.243 e. The molecule has 2 heterocycles. The highest BCUT2D eigenvalue weighted by molar-refractivity contribution is 5.99. The number of fused-ring (bicyclic) bond motifs is 2. The first-order valence-electron chi connectivity index (χ1n) is 35.6. The molecule has 0 bridgehead atoms. The van der Waals surface area contributed by atoms with Crippen LogP contribution in [0.1, 0.15) is 92.9 Å². The van der Waals surface area contributed by atoms with Crippen LogP contribution in [0.3, 0.4) is 0 Å². The molecule has 0 spiro atoms. The minimum absolute atomic E-state index is 0.0225. The van der Waals surface area contributed by atoms with E-state index >= 15 is 0 Å². The number of phenols is 2. The highest BCUT2D eigenvalue weighted by atomic mass is 16.3. The van der Waals surface area contributed by atoms with Gasteiger partial charge in [-0.2, -0.15) is 0 Å². The largest absolute Gasteiger partial charge is 0.508 e. The van der Waals surface area contributed by atoms with Crippen LogP contribution >= 0.6 is 0 Å². The van der Waals surface area contributed by atoms with Crippen LogP contribution in [0.15, 0.2) is 133 Å². The number of carbonyl (C=O) groups is 12. The quantitative estimate of drug-likeness (QED) is 0.0164. The van der Waals surface area contributed by atoms with E-state index < -0.39 is 132 Å². The Hall–Kier alpha value is -12.4. The van der Waals surface area contributed by atoms with E-state index in [2.05, 4.69) is 74.4 Å². The predicted octanol–water partition coefficient (Wildman–Crippen LogP) is -0.698. The molecule has 0 radical (unpaired) electrons. The number of hydrogen-bond donors (Lipinski definition) is 20. The van der Waals surface area contributed by atoms with Gasteiger partial charge in [0.2, 0.25) is 70.9 Å². The Labute approximate surface area is 617 Å². The molecule has 568 valence electrons. The molecule has 0 aromatic heterocycles. The molecule has 2 saturated heterocycles. The first-order chi connectivity index (χ1) is 51.4. The second-order valence-corrected chi connectivity index (χ2v) is 26.4. The van der Waals surface area contributed by atoms with Gasteiger partial charge < -0.3 is 96.1 Å². The molecule has 2 aliphatic rings. The van der Waals surface area contributed by atoms with Gasteiger partial charge in [0.15, 0.2) is 11.9 Å². The zero-order valence-electron chi connectivity index (χ0n) is 59.1. The van der Waals surface area contributed by atoms with Gasteiger partial charge in [-0.3, -0.25) is 68.4 Å². The van der Waals surface area contributed by atoms with E-state index in [1.165, 1.54) is 24.3 Å². The Kier molecular flexibility index (Phi) is 30.5. The summed E-state index contributed by atoms with van der Waals surface area (Å²) in [6.07, 6.45) is -0.172. The predicted molar refractivity (Wildman–Crippen MR) is 397 cm³/mol. The Balaban J connectivity index is 0.899. The van der Waals surface area contributed by atoms with Crippen molar-refractivity contribution >= 4 is 104 Å². The topological polar surface area (TPSA) is 513 Å². The number of nitrogens with two attached hydrogens (primary N) is 2. The number of nitrogens with one attached hydrogen (secondary N) is 16. The molecule has 0 aliphatic carbocycles. The van der Waals surface area contributed by atoms with Crippen LogP contribution in [0.25, 0.3) is 21.5 Å². The molecule has 22 N–H and O–H groups in total. The van der Waals surface area contributed by atoms with Crippen LogP contribution < -0.4 is 85.9 Å². The Morgan fingerprint density at radius 3 is 0.963 bits per heavy atom. The molecule has 6 aromatic rings. The average Bonchev–Trinajstić information content (AvgIpc) is 1.51. The molecule has 6 aromatic carbocycles. The summed E-state index contributed by atoms with van der Waals surface area (Å²) in [7, 11) is 0. The lowest BCUT2D eigenvalue weighted by molar-refractivity contribution is -0.134. The van der Waals surface area contributed by atoms with Crippen molar-refractivity contribution in [3.05, 3.63) is 156 Å². The monoisotopic (exact) mass is 1470 g/mol. The van der Waals surface area contributed by atoms with Crippen molar-refractivity contribution < 1.29 is 67.7 Å². The highest BCUT2D eigenvalue weighted by Crippen LogP contribution is 2.21. The third-order valence-electron chi connectivity index (χ3n) is 18.0. The summed E-state index contributed by atoms with van der Waals surface area (Å²) >= 11 is 0. The number of hydrogen-bond acceptors (Lipinski definition) is 16. The number of guanidine groups is 2. The lowest BCUT2D eigenvalue weighted by Gasteiger charge is -2.26. The molecule has 0 saturated carbocycles. The van der Waals surface area contributed by atoms with E-state index in [0.29, 0.717) is 22.3 Å². The number of phenolic OH excluding ortho intramolecular Hbond substituents is 2. The standard InChI is InChI=1S/C75H94N18O14/c76-74(77)82-34-8-16-56-70(104)92-58(40-46-20-26-48-10-1-3-12-50(48)36-46)66(100)84-42-64(98)86-60(38-44-22-28-52(94)29-23-44)72(106)90-54(68(102)88-56)14-6-32-80-62(96)18-5-19-63(97)81-33-7-15-55-69(103)89-57(17-9-35-83-75(78)79)71(105)93-59(41-47-21-27-49-11-2-4-13-51(49)37-47)67(101)85-43-65(99)87-61(73(107)91-55)39-45-24-30-53(95)31-25-45/h1-4,10-13,20-31,36-37,54-61,94-95H,5-9,14-19,32-35,38-43H2,(H,80,96)(H,81,97)(H,84,100)(H,85,101)(H,86,98)(H,87,99)(H,88,102)(H,89,103)(H,90,106)(H,91,107)(H,92,104)(H,93,105)(H4,76,77,82)(H4,78,79,83)/t54-,55-,56-,57-,58-,59-,60+,61+/m0/s1. The van der Waals surface area contributed by atoms with Crippen LogP contribution in [0.5, 0.6) is 11.5 Å². The van der Waals surface area contributed by atoms with Crippen molar-refractivity contribution in [1.29, 1.82) is 10.8 Å². The number of carbonyl (C=O) groups excluding carboxylic acids is 12.